The molecule has 3 rings (SSSR count). The molecule has 5 nitrogen and oxygen atoms in total. The van der Waals surface area contributed by atoms with Crippen molar-refractivity contribution in [2.75, 3.05) is 6.54 Å². The Balaban J connectivity index is 1.80. The van der Waals surface area contributed by atoms with Crippen molar-refractivity contribution in [3.8, 4) is 0 Å². The molecule has 0 saturated carbocycles. The van der Waals surface area contributed by atoms with Gasteiger partial charge in [-0.3, -0.25) is 9.59 Å². The van der Waals surface area contributed by atoms with Crippen LogP contribution in [0.1, 0.15) is 16.1 Å². The van der Waals surface area contributed by atoms with E-state index in [1.54, 1.807) is 23.6 Å². The van der Waals surface area contributed by atoms with Crippen LogP contribution < -0.4 is 10.9 Å². The highest BCUT2D eigenvalue weighted by molar-refractivity contribution is 5.91. The molecule has 1 aromatic carbocycles. The quantitative estimate of drug-likeness (QED) is 0.803. The second-order valence-corrected chi connectivity index (χ2v) is 5.08. The highest BCUT2D eigenvalue weighted by atomic mass is 16.3. The number of hydrogen-bond acceptors (Lipinski definition) is 3. The van der Waals surface area contributed by atoms with E-state index in [2.05, 4.69) is 5.32 Å². The van der Waals surface area contributed by atoms with Gasteiger partial charge in [-0.25, -0.2) is 0 Å². The summed E-state index contributed by atoms with van der Waals surface area (Å²) in [5, 5.41) is 3.76. The lowest BCUT2D eigenvalue weighted by Gasteiger charge is -2.12. The molecule has 3 aromatic rings. The lowest BCUT2D eigenvalue weighted by molar-refractivity contribution is 0.0924. The Hall–Kier alpha value is -2.82. The number of fused-ring (bicyclic) bond motifs is 1. The zero-order valence-electron chi connectivity index (χ0n) is 12.2. The average Bonchev–Trinajstić information content (AvgIpc) is 3.05. The van der Waals surface area contributed by atoms with Crippen LogP contribution in [0.15, 0.2) is 57.9 Å². The maximum Gasteiger partial charge on any atom is 0.287 e. The van der Waals surface area contributed by atoms with E-state index in [9.17, 15) is 9.59 Å². The fourth-order valence-electron chi connectivity index (χ4n) is 2.47. The van der Waals surface area contributed by atoms with Gasteiger partial charge in [-0.15, -0.1) is 0 Å². The number of amides is 1. The monoisotopic (exact) mass is 296 g/mol. The Morgan fingerprint density at radius 1 is 1.23 bits per heavy atom. The zero-order valence-corrected chi connectivity index (χ0v) is 12.2. The highest BCUT2D eigenvalue weighted by Gasteiger charge is 2.09. The predicted octanol–water partition coefficient (Wildman–Crippen LogP) is 2.33. The van der Waals surface area contributed by atoms with Crippen LogP contribution >= 0.6 is 0 Å². The molecule has 0 aliphatic heterocycles. The number of nitrogens with one attached hydrogen (secondary N) is 1. The molecule has 2 heterocycles. The first-order valence-corrected chi connectivity index (χ1v) is 7.08. The first kappa shape index (κ1) is 14.1. The molecule has 0 aliphatic carbocycles. The van der Waals surface area contributed by atoms with Gasteiger partial charge in [-0.05, 0) is 36.6 Å². The van der Waals surface area contributed by atoms with Gasteiger partial charge < -0.3 is 14.3 Å². The number of furan rings is 1. The molecule has 1 N–H and O–H groups in total. The molecule has 0 radical (unpaired) electrons. The van der Waals surface area contributed by atoms with Gasteiger partial charge in [0, 0.05) is 18.7 Å². The smallest absolute Gasteiger partial charge is 0.287 e. The van der Waals surface area contributed by atoms with Crippen LogP contribution in [0.25, 0.3) is 10.9 Å². The van der Waals surface area contributed by atoms with Gasteiger partial charge in [0.05, 0.1) is 11.8 Å². The molecule has 1 amide bonds. The van der Waals surface area contributed by atoms with Crippen LogP contribution in [0.5, 0.6) is 0 Å². The third-order valence-corrected chi connectivity index (χ3v) is 3.55. The molecule has 0 bridgehead atoms. The highest BCUT2D eigenvalue weighted by Crippen LogP contribution is 2.12. The van der Waals surface area contributed by atoms with Crippen LogP contribution in [0.3, 0.4) is 0 Å². The maximum atomic E-state index is 12.3. The van der Waals surface area contributed by atoms with E-state index in [1.807, 2.05) is 30.3 Å². The number of pyridine rings is 1. The molecule has 2 aromatic heterocycles. The van der Waals surface area contributed by atoms with E-state index in [0.29, 0.717) is 18.7 Å². The Labute approximate surface area is 127 Å². The number of aryl methyl sites for hydroxylation is 1. The topological polar surface area (TPSA) is 64.2 Å². The van der Waals surface area contributed by atoms with Crippen LogP contribution in [0.4, 0.5) is 0 Å². The lowest BCUT2D eigenvalue weighted by atomic mass is 10.1. The van der Waals surface area contributed by atoms with E-state index < -0.39 is 0 Å². The Morgan fingerprint density at radius 3 is 2.82 bits per heavy atom. The second kappa shape index (κ2) is 5.89. The molecule has 0 aliphatic rings. The summed E-state index contributed by atoms with van der Waals surface area (Å²) < 4.78 is 6.72. The van der Waals surface area contributed by atoms with Crippen molar-refractivity contribution in [3.63, 3.8) is 0 Å². The summed E-state index contributed by atoms with van der Waals surface area (Å²) in [6.07, 6.45) is 1.45. The van der Waals surface area contributed by atoms with Crippen molar-refractivity contribution in [2.45, 2.75) is 13.5 Å². The number of carbonyl (C=O) groups excluding carboxylic acids is 1. The van der Waals surface area contributed by atoms with Crippen molar-refractivity contribution in [1.29, 1.82) is 0 Å². The summed E-state index contributed by atoms with van der Waals surface area (Å²) in [5.41, 5.74) is 1.52. The summed E-state index contributed by atoms with van der Waals surface area (Å²) in [4.78, 5) is 24.1. The van der Waals surface area contributed by atoms with E-state index in [4.69, 9.17) is 4.42 Å². The SMILES string of the molecule is Cc1cc2ccccc2n(CCNC(=O)c2ccco2)c1=O. The summed E-state index contributed by atoms with van der Waals surface area (Å²) in [5.74, 6) is -0.0172. The van der Waals surface area contributed by atoms with Crippen molar-refractivity contribution in [3.05, 3.63) is 70.4 Å². The first-order chi connectivity index (χ1) is 10.7. The molecule has 0 saturated heterocycles. The number of rotatable bonds is 4. The van der Waals surface area contributed by atoms with Crippen LogP contribution in [0, 0.1) is 6.92 Å². The number of aromatic nitrogens is 1. The van der Waals surface area contributed by atoms with E-state index in [0.717, 1.165) is 10.9 Å². The number of benzene rings is 1. The number of carbonyl (C=O) groups is 1. The fraction of sp³-hybridized carbons (Fsp3) is 0.176. The van der Waals surface area contributed by atoms with Gasteiger partial charge in [-0.1, -0.05) is 18.2 Å². The van der Waals surface area contributed by atoms with Crippen LogP contribution in [-0.4, -0.2) is 17.0 Å². The van der Waals surface area contributed by atoms with E-state index in [1.165, 1.54) is 6.26 Å². The molecule has 0 unspecified atom stereocenters. The summed E-state index contributed by atoms with van der Waals surface area (Å²) in [6.45, 7) is 2.56. The lowest BCUT2D eigenvalue weighted by Crippen LogP contribution is -2.31. The van der Waals surface area contributed by atoms with Gasteiger partial charge in [0.2, 0.25) is 0 Å². The Morgan fingerprint density at radius 2 is 2.05 bits per heavy atom. The minimum atomic E-state index is -0.282. The summed E-state index contributed by atoms with van der Waals surface area (Å²) >= 11 is 0. The molecule has 0 fully saturated rings. The van der Waals surface area contributed by atoms with Crippen molar-refractivity contribution >= 4 is 16.8 Å². The van der Waals surface area contributed by atoms with Crippen LogP contribution in [0.2, 0.25) is 0 Å². The molecule has 112 valence electrons. The normalized spacial score (nSPS) is 10.8. The minimum Gasteiger partial charge on any atom is -0.459 e. The maximum absolute atomic E-state index is 12.3. The van der Waals surface area contributed by atoms with Crippen LogP contribution in [-0.2, 0) is 6.54 Å². The zero-order chi connectivity index (χ0) is 15.5. The Bertz CT molecular complexity index is 863. The van der Waals surface area contributed by atoms with Crippen molar-refractivity contribution in [2.24, 2.45) is 0 Å². The first-order valence-electron chi connectivity index (χ1n) is 7.08. The standard InChI is InChI=1S/C17H16N2O3/c1-12-11-13-5-2-3-6-14(13)19(17(12)21)9-8-18-16(20)15-7-4-10-22-15/h2-7,10-11H,8-9H2,1H3,(H,18,20). The summed E-state index contributed by atoms with van der Waals surface area (Å²) in [7, 11) is 0. The predicted molar refractivity (Wildman–Crippen MR) is 84.0 cm³/mol. The molecule has 22 heavy (non-hydrogen) atoms. The number of nitrogens with zero attached hydrogens (tertiary/aromatic N) is 1. The fourth-order valence-corrected chi connectivity index (χ4v) is 2.47. The van der Waals surface area contributed by atoms with Gasteiger partial charge in [0.25, 0.3) is 11.5 Å². The van der Waals surface area contributed by atoms with Gasteiger partial charge in [-0.2, -0.15) is 0 Å². The second-order valence-electron chi connectivity index (χ2n) is 5.08. The average molecular weight is 296 g/mol. The number of para-hydroxylation sites is 1. The van der Waals surface area contributed by atoms with E-state index >= 15 is 0 Å². The minimum absolute atomic E-state index is 0.0362. The molecule has 0 atom stereocenters. The third-order valence-electron chi connectivity index (χ3n) is 3.55. The van der Waals surface area contributed by atoms with Crippen molar-refractivity contribution < 1.29 is 9.21 Å². The molecular weight excluding hydrogens is 280 g/mol. The largest absolute Gasteiger partial charge is 0.459 e. The summed E-state index contributed by atoms with van der Waals surface area (Å²) in [6, 6.07) is 12.9. The Kier molecular flexibility index (Phi) is 3.78. The third kappa shape index (κ3) is 2.65. The van der Waals surface area contributed by atoms with Crippen molar-refractivity contribution in [1.82, 2.24) is 9.88 Å². The van der Waals surface area contributed by atoms with E-state index in [-0.39, 0.29) is 17.2 Å². The van der Waals surface area contributed by atoms with Gasteiger partial charge in [0.15, 0.2) is 5.76 Å². The van der Waals surface area contributed by atoms with Gasteiger partial charge in [0.1, 0.15) is 0 Å². The molecular formula is C17H16N2O3. The van der Waals surface area contributed by atoms with Gasteiger partial charge >= 0.3 is 0 Å². The molecule has 0 spiro atoms. The number of hydrogen-bond donors (Lipinski definition) is 1. The molecule has 5 heteroatoms.